The van der Waals surface area contributed by atoms with E-state index < -0.39 is 10.0 Å². The number of nitrogens with zero attached hydrogens (tertiary/aromatic N) is 1. The highest BCUT2D eigenvalue weighted by atomic mass is 32.2. The van der Waals surface area contributed by atoms with Gasteiger partial charge in [-0.2, -0.15) is 0 Å². The Balaban J connectivity index is 2.09. The van der Waals surface area contributed by atoms with Crippen LogP contribution in [0.3, 0.4) is 0 Å². The standard InChI is InChI=1S/C13H20N2O3S2/c1-2-10-4-3-6-15(7-5-10)13(16)11-8-12(19-9-11)20(14,17)18/h8-10H,2-7H2,1H3,(H2,14,17,18). The fourth-order valence-electron chi connectivity index (χ4n) is 2.54. The van der Waals surface area contributed by atoms with Crippen molar-refractivity contribution < 1.29 is 13.2 Å². The van der Waals surface area contributed by atoms with E-state index >= 15 is 0 Å². The van der Waals surface area contributed by atoms with Crippen LogP contribution in [0.25, 0.3) is 0 Å². The summed E-state index contributed by atoms with van der Waals surface area (Å²) in [6.07, 6.45) is 4.34. The van der Waals surface area contributed by atoms with Gasteiger partial charge in [-0.3, -0.25) is 4.79 Å². The summed E-state index contributed by atoms with van der Waals surface area (Å²) in [5.74, 6) is 0.600. The highest BCUT2D eigenvalue weighted by Crippen LogP contribution is 2.24. The number of hydrogen-bond acceptors (Lipinski definition) is 4. The van der Waals surface area contributed by atoms with Crippen molar-refractivity contribution in [2.75, 3.05) is 13.1 Å². The van der Waals surface area contributed by atoms with E-state index in [0.717, 1.165) is 50.1 Å². The molecule has 2 heterocycles. The van der Waals surface area contributed by atoms with Crippen molar-refractivity contribution in [1.29, 1.82) is 0 Å². The van der Waals surface area contributed by atoms with Crippen molar-refractivity contribution >= 4 is 27.3 Å². The zero-order valence-electron chi connectivity index (χ0n) is 11.5. The van der Waals surface area contributed by atoms with Crippen LogP contribution in [0.2, 0.25) is 0 Å². The number of amides is 1. The van der Waals surface area contributed by atoms with Crippen LogP contribution < -0.4 is 5.14 Å². The summed E-state index contributed by atoms with van der Waals surface area (Å²) < 4.78 is 22.5. The minimum absolute atomic E-state index is 0.0436. The zero-order chi connectivity index (χ0) is 14.8. The van der Waals surface area contributed by atoms with Crippen molar-refractivity contribution in [3.63, 3.8) is 0 Å². The van der Waals surface area contributed by atoms with Crippen LogP contribution in [0.5, 0.6) is 0 Å². The van der Waals surface area contributed by atoms with Crippen LogP contribution in [-0.2, 0) is 10.0 Å². The molecule has 0 saturated carbocycles. The van der Waals surface area contributed by atoms with Gasteiger partial charge in [-0.1, -0.05) is 13.3 Å². The average molecular weight is 316 g/mol. The van der Waals surface area contributed by atoms with Crippen LogP contribution in [-0.4, -0.2) is 32.3 Å². The SMILES string of the molecule is CCC1CCCN(C(=O)c2csc(S(N)(=O)=O)c2)CC1. The van der Waals surface area contributed by atoms with Crippen LogP contribution >= 0.6 is 11.3 Å². The summed E-state index contributed by atoms with van der Waals surface area (Å²) >= 11 is 0.999. The van der Waals surface area contributed by atoms with Crippen molar-refractivity contribution in [3.05, 3.63) is 17.0 Å². The number of nitrogens with two attached hydrogens (primary N) is 1. The smallest absolute Gasteiger partial charge is 0.254 e. The van der Waals surface area contributed by atoms with E-state index in [2.05, 4.69) is 6.92 Å². The second-order valence-electron chi connectivity index (χ2n) is 5.20. The predicted octanol–water partition coefficient (Wildman–Crippen LogP) is 2.05. The lowest BCUT2D eigenvalue weighted by Crippen LogP contribution is -2.31. The topological polar surface area (TPSA) is 80.5 Å². The fraction of sp³-hybridized carbons (Fsp3) is 0.615. The summed E-state index contributed by atoms with van der Waals surface area (Å²) in [6, 6.07) is 1.38. The van der Waals surface area contributed by atoms with Crippen LogP contribution in [0.1, 0.15) is 43.0 Å². The largest absolute Gasteiger partial charge is 0.339 e. The third-order valence-corrected chi connectivity index (χ3v) is 6.20. The molecule has 1 aliphatic heterocycles. The highest BCUT2D eigenvalue weighted by molar-refractivity contribution is 7.91. The molecule has 1 amide bonds. The minimum atomic E-state index is -3.72. The second-order valence-corrected chi connectivity index (χ2v) is 7.90. The number of primary sulfonamides is 1. The number of sulfonamides is 1. The van der Waals surface area contributed by atoms with Gasteiger partial charge >= 0.3 is 0 Å². The minimum Gasteiger partial charge on any atom is -0.339 e. The number of thiophene rings is 1. The Bertz CT molecular complexity index is 580. The maximum Gasteiger partial charge on any atom is 0.254 e. The van der Waals surface area contributed by atoms with Crippen molar-refractivity contribution in [2.45, 2.75) is 36.8 Å². The molecule has 0 aliphatic carbocycles. The van der Waals surface area contributed by atoms with Gasteiger partial charge in [-0.15, -0.1) is 11.3 Å². The number of hydrogen-bond donors (Lipinski definition) is 1. The molecule has 20 heavy (non-hydrogen) atoms. The molecule has 1 unspecified atom stereocenters. The number of rotatable bonds is 3. The molecule has 0 spiro atoms. The molecule has 7 heteroatoms. The molecule has 1 aromatic rings. The lowest BCUT2D eigenvalue weighted by molar-refractivity contribution is 0.0760. The Labute approximate surface area is 123 Å². The Morgan fingerprint density at radius 2 is 2.20 bits per heavy atom. The molecule has 0 bridgehead atoms. The number of likely N-dealkylation sites (tertiary alicyclic amines) is 1. The number of carbonyl (C=O) groups excluding carboxylic acids is 1. The van der Waals surface area contributed by atoms with E-state index in [4.69, 9.17) is 5.14 Å². The molecule has 5 nitrogen and oxygen atoms in total. The average Bonchev–Trinajstić information content (AvgIpc) is 2.77. The molecule has 1 saturated heterocycles. The molecule has 1 fully saturated rings. The first-order chi connectivity index (χ1) is 9.41. The fourth-order valence-corrected chi connectivity index (χ4v) is 4.12. The predicted molar refractivity (Wildman–Crippen MR) is 79.2 cm³/mol. The first-order valence-corrected chi connectivity index (χ1v) is 9.25. The van der Waals surface area contributed by atoms with Gasteiger partial charge in [-0.25, -0.2) is 13.6 Å². The Morgan fingerprint density at radius 1 is 1.45 bits per heavy atom. The Morgan fingerprint density at radius 3 is 2.80 bits per heavy atom. The maximum atomic E-state index is 12.4. The van der Waals surface area contributed by atoms with E-state index in [1.807, 2.05) is 4.90 Å². The van der Waals surface area contributed by atoms with E-state index in [0.29, 0.717) is 11.5 Å². The van der Waals surface area contributed by atoms with Gasteiger partial charge in [0.1, 0.15) is 4.21 Å². The summed E-state index contributed by atoms with van der Waals surface area (Å²) in [6.45, 7) is 3.67. The molecule has 1 aromatic heterocycles. The van der Waals surface area contributed by atoms with Gasteiger partial charge in [0.05, 0.1) is 5.56 Å². The van der Waals surface area contributed by atoms with Crippen LogP contribution in [0.15, 0.2) is 15.7 Å². The van der Waals surface area contributed by atoms with Gasteiger partial charge < -0.3 is 4.90 Å². The monoisotopic (exact) mass is 316 g/mol. The summed E-state index contributed by atoms with van der Waals surface area (Å²) in [5.41, 5.74) is 0.425. The van der Waals surface area contributed by atoms with E-state index in [-0.39, 0.29) is 10.1 Å². The Kier molecular flexibility index (Phi) is 4.82. The first-order valence-electron chi connectivity index (χ1n) is 6.82. The molecule has 1 aliphatic rings. The quantitative estimate of drug-likeness (QED) is 0.926. The van der Waals surface area contributed by atoms with Crippen LogP contribution in [0, 0.1) is 5.92 Å². The molecule has 0 radical (unpaired) electrons. The van der Waals surface area contributed by atoms with Crippen LogP contribution in [0.4, 0.5) is 0 Å². The normalized spacial score (nSPS) is 20.7. The van der Waals surface area contributed by atoms with Gasteiger partial charge in [-0.05, 0) is 31.2 Å². The lowest BCUT2D eigenvalue weighted by Gasteiger charge is -2.19. The van der Waals surface area contributed by atoms with Gasteiger partial charge in [0, 0.05) is 18.5 Å². The molecular formula is C13H20N2O3S2. The maximum absolute atomic E-state index is 12.4. The van der Waals surface area contributed by atoms with Crippen molar-refractivity contribution in [2.24, 2.45) is 11.1 Å². The van der Waals surface area contributed by atoms with E-state index in [1.165, 1.54) is 6.07 Å². The van der Waals surface area contributed by atoms with E-state index in [1.54, 1.807) is 5.38 Å². The first kappa shape index (κ1) is 15.5. The summed E-state index contributed by atoms with van der Waals surface area (Å²) in [5, 5.41) is 6.64. The molecule has 0 aromatic carbocycles. The van der Waals surface area contributed by atoms with Crippen molar-refractivity contribution in [3.8, 4) is 0 Å². The lowest BCUT2D eigenvalue weighted by atomic mass is 9.98. The molecule has 1 atom stereocenters. The second kappa shape index (κ2) is 6.24. The number of carbonyl (C=O) groups is 1. The molecular weight excluding hydrogens is 296 g/mol. The van der Waals surface area contributed by atoms with E-state index in [9.17, 15) is 13.2 Å². The molecule has 2 N–H and O–H groups in total. The van der Waals surface area contributed by atoms with Crippen molar-refractivity contribution in [1.82, 2.24) is 4.90 Å². The molecule has 112 valence electrons. The highest BCUT2D eigenvalue weighted by Gasteiger charge is 2.23. The molecule has 2 rings (SSSR count). The summed E-state index contributed by atoms with van der Waals surface area (Å²) in [4.78, 5) is 14.2. The third kappa shape index (κ3) is 3.59. The van der Waals surface area contributed by atoms with Gasteiger partial charge in [0.25, 0.3) is 5.91 Å². The van der Waals surface area contributed by atoms with Gasteiger partial charge in [0.15, 0.2) is 0 Å². The third-order valence-electron chi connectivity index (χ3n) is 3.82. The zero-order valence-corrected chi connectivity index (χ0v) is 13.2. The van der Waals surface area contributed by atoms with Gasteiger partial charge in [0.2, 0.25) is 10.0 Å². The Hall–Kier alpha value is -0.920. The summed E-state index contributed by atoms with van der Waals surface area (Å²) in [7, 11) is -3.72.